The van der Waals surface area contributed by atoms with Gasteiger partial charge < -0.3 is 10.0 Å². The minimum atomic E-state index is -0.739. The molecule has 0 unspecified atom stereocenters. The highest BCUT2D eigenvalue weighted by molar-refractivity contribution is 9.10. The predicted octanol–water partition coefficient (Wildman–Crippen LogP) is 4.38. The quantitative estimate of drug-likeness (QED) is 0.802. The molecule has 0 amide bonds. The Kier molecular flexibility index (Phi) is 5.61. The largest absolute Gasteiger partial charge is 0.481 e. The summed E-state index contributed by atoms with van der Waals surface area (Å²) in [5, 5.41) is 10.8. The number of rotatable bonds is 7. The third-order valence-electron chi connectivity index (χ3n) is 2.91. The molecule has 2 rings (SSSR count). The van der Waals surface area contributed by atoms with Gasteiger partial charge in [0.05, 0.1) is 6.54 Å². The van der Waals surface area contributed by atoms with Gasteiger partial charge in [0.15, 0.2) is 0 Å². The molecule has 0 spiro atoms. The molecule has 0 saturated carbocycles. The smallest absolute Gasteiger partial charge is 0.303 e. The highest BCUT2D eigenvalue weighted by Crippen LogP contribution is 2.24. The van der Waals surface area contributed by atoms with E-state index < -0.39 is 5.97 Å². The Hall–Kier alpha value is -1.33. The summed E-state index contributed by atoms with van der Waals surface area (Å²) in [6.07, 6.45) is 0.855. The first kappa shape index (κ1) is 15.1. The maximum atomic E-state index is 10.7. The summed E-state index contributed by atoms with van der Waals surface area (Å²) in [6.45, 7) is 1.55. The van der Waals surface area contributed by atoms with Crippen molar-refractivity contribution >= 4 is 38.9 Å². The van der Waals surface area contributed by atoms with Crippen LogP contribution in [0.5, 0.6) is 0 Å². The summed E-state index contributed by atoms with van der Waals surface area (Å²) in [5.74, 6) is -0.739. The molecule has 106 valence electrons. The van der Waals surface area contributed by atoms with E-state index in [0.717, 1.165) is 23.2 Å². The van der Waals surface area contributed by atoms with E-state index in [1.165, 1.54) is 4.88 Å². The van der Waals surface area contributed by atoms with Crippen molar-refractivity contribution in [3.63, 3.8) is 0 Å². The molecule has 0 aliphatic heterocycles. The number of anilines is 1. The molecule has 2 aromatic rings. The fourth-order valence-electron chi connectivity index (χ4n) is 1.98. The van der Waals surface area contributed by atoms with Crippen molar-refractivity contribution in [3.05, 3.63) is 51.1 Å². The second-order valence-corrected chi connectivity index (χ2v) is 6.40. The predicted molar refractivity (Wildman–Crippen MR) is 86.4 cm³/mol. The lowest BCUT2D eigenvalue weighted by Crippen LogP contribution is -2.23. The van der Waals surface area contributed by atoms with Crippen LogP contribution in [0.25, 0.3) is 0 Å². The Morgan fingerprint density at radius 3 is 2.65 bits per heavy atom. The minimum Gasteiger partial charge on any atom is -0.481 e. The van der Waals surface area contributed by atoms with Gasteiger partial charge >= 0.3 is 5.97 Å². The zero-order valence-corrected chi connectivity index (χ0v) is 13.4. The third kappa shape index (κ3) is 4.65. The number of thiophene rings is 1. The van der Waals surface area contributed by atoms with Crippen molar-refractivity contribution in [3.8, 4) is 0 Å². The SMILES string of the molecule is O=C(O)CCCN(Cc1cc(Br)cs1)c1ccccc1. The summed E-state index contributed by atoms with van der Waals surface area (Å²) in [5.41, 5.74) is 1.13. The minimum absolute atomic E-state index is 0.206. The Bertz CT molecular complexity index is 556. The lowest BCUT2D eigenvalue weighted by Gasteiger charge is -2.24. The van der Waals surface area contributed by atoms with E-state index in [0.29, 0.717) is 6.42 Å². The van der Waals surface area contributed by atoms with Crippen molar-refractivity contribution < 1.29 is 9.90 Å². The number of aliphatic carboxylic acids is 1. The summed E-state index contributed by atoms with van der Waals surface area (Å²) in [7, 11) is 0. The van der Waals surface area contributed by atoms with Crippen LogP contribution in [0.4, 0.5) is 5.69 Å². The second kappa shape index (κ2) is 7.45. The first-order valence-corrected chi connectivity index (χ1v) is 8.07. The molecular formula is C15H16BrNO2S. The first-order valence-electron chi connectivity index (χ1n) is 6.40. The standard InChI is InChI=1S/C15H16BrNO2S/c16-12-9-14(20-11-12)10-17(8-4-7-15(18)19)13-5-2-1-3-6-13/h1-3,5-6,9,11H,4,7-8,10H2,(H,18,19). The number of carbonyl (C=O) groups is 1. The molecule has 0 saturated heterocycles. The van der Waals surface area contributed by atoms with Crippen LogP contribution in [0.1, 0.15) is 17.7 Å². The van der Waals surface area contributed by atoms with E-state index in [1.807, 2.05) is 18.2 Å². The van der Waals surface area contributed by atoms with Gasteiger partial charge in [0.2, 0.25) is 0 Å². The summed E-state index contributed by atoms with van der Waals surface area (Å²) >= 11 is 5.17. The molecular weight excluding hydrogens is 338 g/mol. The molecule has 1 aromatic heterocycles. The highest BCUT2D eigenvalue weighted by Gasteiger charge is 2.09. The zero-order valence-electron chi connectivity index (χ0n) is 11.0. The van der Waals surface area contributed by atoms with Gasteiger partial charge in [-0.15, -0.1) is 11.3 Å². The topological polar surface area (TPSA) is 40.5 Å². The number of benzene rings is 1. The van der Waals surface area contributed by atoms with Crippen LogP contribution < -0.4 is 4.90 Å². The van der Waals surface area contributed by atoms with Crippen LogP contribution in [0.3, 0.4) is 0 Å². The monoisotopic (exact) mass is 353 g/mol. The van der Waals surface area contributed by atoms with Crippen molar-refractivity contribution in [2.45, 2.75) is 19.4 Å². The molecule has 0 atom stereocenters. The maximum Gasteiger partial charge on any atom is 0.303 e. The molecule has 1 aromatic carbocycles. The molecule has 0 fully saturated rings. The fourth-order valence-corrected chi connectivity index (χ4v) is 3.45. The number of carboxylic acid groups (broad SMARTS) is 1. The number of nitrogens with zero attached hydrogens (tertiary/aromatic N) is 1. The number of halogens is 1. The van der Waals surface area contributed by atoms with Crippen LogP contribution in [0, 0.1) is 0 Å². The number of hydrogen-bond acceptors (Lipinski definition) is 3. The molecule has 20 heavy (non-hydrogen) atoms. The summed E-state index contributed by atoms with van der Waals surface area (Å²) in [4.78, 5) is 14.1. The Labute approximate surface area is 131 Å². The number of carboxylic acids is 1. The molecule has 0 bridgehead atoms. The van der Waals surface area contributed by atoms with Gasteiger partial charge in [-0.05, 0) is 40.5 Å². The second-order valence-electron chi connectivity index (χ2n) is 4.49. The van der Waals surface area contributed by atoms with E-state index in [-0.39, 0.29) is 6.42 Å². The highest BCUT2D eigenvalue weighted by atomic mass is 79.9. The van der Waals surface area contributed by atoms with Gasteiger partial charge in [-0.1, -0.05) is 18.2 Å². The molecule has 0 radical (unpaired) electrons. The normalized spacial score (nSPS) is 10.4. The van der Waals surface area contributed by atoms with Crippen molar-refractivity contribution in [1.29, 1.82) is 0 Å². The summed E-state index contributed by atoms with van der Waals surface area (Å²) < 4.78 is 1.09. The van der Waals surface area contributed by atoms with Crippen molar-refractivity contribution in [1.82, 2.24) is 0 Å². The van der Waals surface area contributed by atoms with Crippen LogP contribution in [0.2, 0.25) is 0 Å². The van der Waals surface area contributed by atoms with Crippen LogP contribution >= 0.6 is 27.3 Å². The lowest BCUT2D eigenvalue weighted by molar-refractivity contribution is -0.137. The van der Waals surface area contributed by atoms with E-state index in [9.17, 15) is 4.79 Å². The van der Waals surface area contributed by atoms with Crippen LogP contribution in [-0.4, -0.2) is 17.6 Å². The Morgan fingerprint density at radius 1 is 1.30 bits per heavy atom. The number of hydrogen-bond donors (Lipinski definition) is 1. The van der Waals surface area contributed by atoms with Crippen LogP contribution in [0.15, 0.2) is 46.3 Å². The maximum absolute atomic E-state index is 10.7. The molecule has 0 aliphatic rings. The van der Waals surface area contributed by atoms with E-state index in [1.54, 1.807) is 11.3 Å². The van der Waals surface area contributed by atoms with E-state index in [2.05, 4.69) is 44.4 Å². The van der Waals surface area contributed by atoms with Gasteiger partial charge in [-0.3, -0.25) is 4.79 Å². The number of para-hydroxylation sites is 1. The van der Waals surface area contributed by atoms with Crippen LogP contribution in [-0.2, 0) is 11.3 Å². The van der Waals surface area contributed by atoms with Gasteiger partial charge in [0.25, 0.3) is 0 Å². The fraction of sp³-hybridized carbons (Fsp3) is 0.267. The van der Waals surface area contributed by atoms with Crippen molar-refractivity contribution in [2.75, 3.05) is 11.4 Å². The Morgan fingerprint density at radius 2 is 2.05 bits per heavy atom. The molecule has 1 heterocycles. The van der Waals surface area contributed by atoms with Gasteiger partial charge in [-0.2, -0.15) is 0 Å². The average Bonchev–Trinajstić information content (AvgIpc) is 2.84. The molecule has 0 aliphatic carbocycles. The van der Waals surface area contributed by atoms with E-state index in [4.69, 9.17) is 5.11 Å². The third-order valence-corrected chi connectivity index (χ3v) is 4.59. The van der Waals surface area contributed by atoms with Gasteiger partial charge in [0.1, 0.15) is 0 Å². The summed E-state index contributed by atoms with van der Waals surface area (Å²) in [6, 6.07) is 12.2. The molecule has 3 nitrogen and oxygen atoms in total. The van der Waals surface area contributed by atoms with Gasteiger partial charge in [0, 0.05) is 33.4 Å². The molecule has 1 N–H and O–H groups in total. The Balaban J connectivity index is 2.05. The first-order chi connectivity index (χ1) is 9.65. The molecule has 5 heteroatoms. The zero-order chi connectivity index (χ0) is 14.4. The average molecular weight is 354 g/mol. The van der Waals surface area contributed by atoms with Crippen molar-refractivity contribution in [2.24, 2.45) is 0 Å². The van der Waals surface area contributed by atoms with E-state index >= 15 is 0 Å². The lowest BCUT2D eigenvalue weighted by atomic mass is 10.2. The van der Waals surface area contributed by atoms with Gasteiger partial charge in [-0.25, -0.2) is 0 Å².